The van der Waals surface area contributed by atoms with E-state index in [2.05, 4.69) is 5.32 Å². The molecule has 1 amide bonds. The number of amides is 1. The van der Waals surface area contributed by atoms with Crippen LogP contribution in [-0.4, -0.2) is 38.8 Å². The van der Waals surface area contributed by atoms with E-state index in [-0.39, 0.29) is 35.7 Å². The second-order valence-corrected chi connectivity index (χ2v) is 10.2. The standard InChI is InChI=1S/C26H27FN2O4S/c1-33-23-15-14-22(27)17-24(23)34(31,32)29-16-8-13-21(18-29)26(30)28-25(19-9-4-2-5-10-19)20-11-6-3-7-12-20/h2-7,9-12,14-15,17,21,25H,8,13,16,18H2,1H3,(H,28,30)/t21-/m0/s1. The normalized spacial score (nSPS) is 16.9. The Morgan fingerprint density at radius 1 is 1.03 bits per heavy atom. The molecule has 1 atom stereocenters. The summed E-state index contributed by atoms with van der Waals surface area (Å²) in [4.78, 5) is 13.1. The molecule has 34 heavy (non-hydrogen) atoms. The maximum absolute atomic E-state index is 13.8. The summed E-state index contributed by atoms with van der Waals surface area (Å²) in [6.45, 7) is 0.275. The third-order valence-electron chi connectivity index (χ3n) is 6.05. The Hall–Kier alpha value is -3.23. The molecule has 0 radical (unpaired) electrons. The molecule has 1 aliphatic heterocycles. The van der Waals surface area contributed by atoms with E-state index >= 15 is 0 Å². The van der Waals surface area contributed by atoms with Crippen molar-refractivity contribution >= 4 is 15.9 Å². The first kappa shape index (κ1) is 23.9. The lowest BCUT2D eigenvalue weighted by molar-refractivity contribution is -0.126. The second-order valence-electron chi connectivity index (χ2n) is 8.26. The average molecular weight is 483 g/mol. The number of sulfonamides is 1. The maximum Gasteiger partial charge on any atom is 0.246 e. The summed E-state index contributed by atoms with van der Waals surface area (Å²) < 4.78 is 46.8. The van der Waals surface area contributed by atoms with Crippen LogP contribution >= 0.6 is 0 Å². The predicted molar refractivity (Wildman–Crippen MR) is 127 cm³/mol. The number of hydrogen-bond donors (Lipinski definition) is 1. The van der Waals surface area contributed by atoms with Gasteiger partial charge in [-0.3, -0.25) is 4.79 Å². The lowest BCUT2D eigenvalue weighted by Crippen LogP contribution is -2.46. The van der Waals surface area contributed by atoms with Gasteiger partial charge in [-0.05, 0) is 42.2 Å². The topological polar surface area (TPSA) is 75.7 Å². The molecule has 0 aliphatic carbocycles. The van der Waals surface area contributed by atoms with Gasteiger partial charge in [0.1, 0.15) is 16.5 Å². The minimum Gasteiger partial charge on any atom is -0.495 e. The number of nitrogens with one attached hydrogen (secondary N) is 1. The van der Waals surface area contributed by atoms with Crippen molar-refractivity contribution in [3.63, 3.8) is 0 Å². The molecule has 1 fully saturated rings. The van der Waals surface area contributed by atoms with Crippen molar-refractivity contribution in [2.75, 3.05) is 20.2 Å². The highest BCUT2D eigenvalue weighted by Gasteiger charge is 2.35. The van der Waals surface area contributed by atoms with Crippen molar-refractivity contribution < 1.29 is 22.3 Å². The highest BCUT2D eigenvalue weighted by atomic mass is 32.2. The number of ether oxygens (including phenoxy) is 1. The number of carbonyl (C=O) groups is 1. The fraction of sp³-hybridized carbons (Fsp3) is 0.269. The van der Waals surface area contributed by atoms with Gasteiger partial charge in [-0.2, -0.15) is 4.31 Å². The van der Waals surface area contributed by atoms with Gasteiger partial charge >= 0.3 is 0 Å². The van der Waals surface area contributed by atoms with Crippen LogP contribution in [0.25, 0.3) is 0 Å². The Balaban J connectivity index is 1.56. The summed E-state index contributed by atoms with van der Waals surface area (Å²) in [6, 6.07) is 22.3. The van der Waals surface area contributed by atoms with Crippen LogP contribution in [0.15, 0.2) is 83.8 Å². The van der Waals surface area contributed by atoms with E-state index in [1.807, 2.05) is 60.7 Å². The zero-order valence-corrected chi connectivity index (χ0v) is 19.7. The fourth-order valence-electron chi connectivity index (χ4n) is 4.28. The molecular weight excluding hydrogens is 455 g/mol. The molecule has 1 N–H and O–H groups in total. The van der Waals surface area contributed by atoms with Gasteiger partial charge in [-0.15, -0.1) is 0 Å². The van der Waals surface area contributed by atoms with Crippen molar-refractivity contribution in [2.24, 2.45) is 5.92 Å². The minimum atomic E-state index is -4.04. The summed E-state index contributed by atoms with van der Waals surface area (Å²) in [5.41, 5.74) is 1.87. The molecule has 3 aromatic rings. The first-order valence-corrected chi connectivity index (χ1v) is 12.6. The number of nitrogens with zero attached hydrogens (tertiary/aromatic N) is 1. The molecule has 0 spiro atoms. The van der Waals surface area contributed by atoms with Gasteiger partial charge in [0.15, 0.2) is 0 Å². The Kier molecular flexibility index (Phi) is 7.29. The number of carbonyl (C=O) groups excluding carboxylic acids is 1. The summed E-state index contributed by atoms with van der Waals surface area (Å²) in [5.74, 6) is -1.35. The summed E-state index contributed by atoms with van der Waals surface area (Å²) in [7, 11) is -2.70. The second kappa shape index (κ2) is 10.4. The van der Waals surface area contributed by atoms with Gasteiger partial charge in [0.2, 0.25) is 15.9 Å². The summed E-state index contributed by atoms with van der Waals surface area (Å²) in [6.07, 6.45) is 1.09. The number of methoxy groups -OCH3 is 1. The van der Waals surface area contributed by atoms with Crippen molar-refractivity contribution in [2.45, 2.75) is 23.8 Å². The third-order valence-corrected chi connectivity index (χ3v) is 7.94. The predicted octanol–water partition coefficient (Wildman–Crippen LogP) is 4.14. The van der Waals surface area contributed by atoms with Crippen molar-refractivity contribution in [3.05, 3.63) is 95.8 Å². The van der Waals surface area contributed by atoms with Crippen molar-refractivity contribution in [3.8, 4) is 5.75 Å². The lowest BCUT2D eigenvalue weighted by atomic mass is 9.95. The molecule has 3 aromatic carbocycles. The Bertz CT molecular complexity index is 1200. The smallest absolute Gasteiger partial charge is 0.246 e. The molecule has 1 heterocycles. The van der Waals surface area contributed by atoms with Crippen LogP contribution in [0.3, 0.4) is 0 Å². The molecule has 4 rings (SSSR count). The Morgan fingerprint density at radius 2 is 1.65 bits per heavy atom. The van der Waals surface area contributed by atoms with Gasteiger partial charge in [0.05, 0.1) is 19.1 Å². The fourth-order valence-corrected chi connectivity index (χ4v) is 5.97. The molecule has 6 nitrogen and oxygen atoms in total. The monoisotopic (exact) mass is 482 g/mol. The molecule has 8 heteroatoms. The van der Waals surface area contributed by atoms with E-state index in [0.29, 0.717) is 12.8 Å². The van der Waals surface area contributed by atoms with Crippen LogP contribution in [0.2, 0.25) is 0 Å². The number of benzene rings is 3. The Morgan fingerprint density at radius 3 is 2.24 bits per heavy atom. The lowest BCUT2D eigenvalue weighted by Gasteiger charge is -2.32. The largest absolute Gasteiger partial charge is 0.495 e. The molecule has 1 saturated heterocycles. The molecule has 0 saturated carbocycles. The van der Waals surface area contributed by atoms with Crippen LogP contribution in [0.4, 0.5) is 4.39 Å². The third kappa shape index (κ3) is 5.13. The Labute approximate surface area is 199 Å². The number of piperidine rings is 1. The van der Waals surface area contributed by atoms with Crippen LogP contribution in [0.1, 0.15) is 30.0 Å². The summed E-state index contributed by atoms with van der Waals surface area (Å²) >= 11 is 0. The molecule has 1 aliphatic rings. The number of hydrogen-bond acceptors (Lipinski definition) is 4. The van der Waals surface area contributed by atoms with E-state index in [0.717, 1.165) is 23.3 Å². The van der Waals surface area contributed by atoms with E-state index in [1.165, 1.54) is 17.5 Å². The minimum absolute atomic E-state index is 0.0180. The first-order chi connectivity index (χ1) is 16.4. The van der Waals surface area contributed by atoms with Gasteiger partial charge < -0.3 is 10.1 Å². The van der Waals surface area contributed by atoms with E-state index in [4.69, 9.17) is 4.74 Å². The van der Waals surface area contributed by atoms with Crippen LogP contribution in [0, 0.1) is 11.7 Å². The molecule has 0 bridgehead atoms. The maximum atomic E-state index is 13.8. The van der Waals surface area contributed by atoms with Crippen LogP contribution < -0.4 is 10.1 Å². The van der Waals surface area contributed by atoms with Gasteiger partial charge in [0, 0.05) is 13.1 Å². The first-order valence-electron chi connectivity index (χ1n) is 11.1. The van der Waals surface area contributed by atoms with E-state index < -0.39 is 21.8 Å². The highest BCUT2D eigenvalue weighted by molar-refractivity contribution is 7.89. The number of halogens is 1. The van der Waals surface area contributed by atoms with Crippen molar-refractivity contribution in [1.29, 1.82) is 0 Å². The van der Waals surface area contributed by atoms with Crippen molar-refractivity contribution in [1.82, 2.24) is 9.62 Å². The van der Waals surface area contributed by atoms with Crippen LogP contribution in [0.5, 0.6) is 5.75 Å². The average Bonchev–Trinajstić information content (AvgIpc) is 2.88. The molecule has 0 aromatic heterocycles. The zero-order chi connectivity index (χ0) is 24.1. The van der Waals surface area contributed by atoms with Gasteiger partial charge in [-0.25, -0.2) is 12.8 Å². The van der Waals surface area contributed by atoms with Gasteiger partial charge in [0.25, 0.3) is 0 Å². The summed E-state index contributed by atoms with van der Waals surface area (Å²) in [5, 5.41) is 3.12. The quantitative estimate of drug-likeness (QED) is 0.549. The van der Waals surface area contributed by atoms with Gasteiger partial charge in [-0.1, -0.05) is 60.7 Å². The highest BCUT2D eigenvalue weighted by Crippen LogP contribution is 2.31. The molecular formula is C26H27FN2O4S. The molecule has 178 valence electrons. The zero-order valence-electron chi connectivity index (χ0n) is 18.9. The number of rotatable bonds is 7. The SMILES string of the molecule is COc1ccc(F)cc1S(=O)(=O)N1CCC[C@H](C(=O)NC(c2ccccc2)c2ccccc2)C1. The molecule has 0 unspecified atom stereocenters. The van der Waals surface area contributed by atoms with E-state index in [1.54, 1.807) is 0 Å². The van der Waals surface area contributed by atoms with E-state index in [9.17, 15) is 17.6 Å². The van der Waals surface area contributed by atoms with Crippen LogP contribution in [-0.2, 0) is 14.8 Å².